The SMILES string of the molecule is Cc1ccc(S(=O)(=O)N[C@@]2(c3ccccc3)C=C(CC(C)C)C[C@H](c3ccccc3)[C@H]2C=O)cc1. The van der Waals surface area contributed by atoms with E-state index in [9.17, 15) is 13.2 Å². The second kappa shape index (κ2) is 10.3. The molecule has 0 heterocycles. The molecule has 3 aromatic carbocycles. The van der Waals surface area contributed by atoms with Gasteiger partial charge in [0.15, 0.2) is 0 Å². The minimum absolute atomic E-state index is 0.159. The number of aldehydes is 1. The van der Waals surface area contributed by atoms with Gasteiger partial charge in [-0.2, -0.15) is 4.72 Å². The highest BCUT2D eigenvalue weighted by Gasteiger charge is 2.49. The summed E-state index contributed by atoms with van der Waals surface area (Å²) < 4.78 is 30.6. The van der Waals surface area contributed by atoms with Crippen LogP contribution in [0.3, 0.4) is 0 Å². The molecule has 0 aromatic heterocycles. The lowest BCUT2D eigenvalue weighted by Crippen LogP contribution is -2.54. The Morgan fingerprint density at radius 3 is 2.11 bits per heavy atom. The molecule has 0 saturated carbocycles. The Kier molecular flexibility index (Phi) is 7.39. The van der Waals surface area contributed by atoms with Crippen LogP contribution in [0.15, 0.2) is 101 Å². The van der Waals surface area contributed by atoms with Crippen LogP contribution in [0.1, 0.15) is 49.3 Å². The molecule has 0 amide bonds. The Labute approximate surface area is 209 Å². The number of sulfonamides is 1. The highest BCUT2D eigenvalue weighted by molar-refractivity contribution is 7.89. The van der Waals surface area contributed by atoms with Gasteiger partial charge in [-0.25, -0.2) is 8.42 Å². The van der Waals surface area contributed by atoms with E-state index in [4.69, 9.17) is 0 Å². The molecule has 0 fully saturated rings. The van der Waals surface area contributed by atoms with E-state index in [1.54, 1.807) is 24.3 Å². The fraction of sp³-hybridized carbons (Fsp3) is 0.300. The number of aryl methyl sites for hydroxylation is 1. The average Bonchev–Trinajstić information content (AvgIpc) is 2.84. The summed E-state index contributed by atoms with van der Waals surface area (Å²) in [6.07, 6.45) is 4.50. The van der Waals surface area contributed by atoms with Crippen LogP contribution in [0.25, 0.3) is 0 Å². The molecule has 1 N–H and O–H groups in total. The first-order valence-electron chi connectivity index (χ1n) is 12.1. The highest BCUT2D eigenvalue weighted by Crippen LogP contribution is 2.48. The molecule has 0 spiro atoms. The van der Waals surface area contributed by atoms with Crippen molar-refractivity contribution in [2.45, 2.75) is 50.0 Å². The molecule has 182 valence electrons. The van der Waals surface area contributed by atoms with E-state index >= 15 is 0 Å². The van der Waals surface area contributed by atoms with Gasteiger partial charge in [0.25, 0.3) is 0 Å². The topological polar surface area (TPSA) is 63.2 Å². The number of hydrogen-bond acceptors (Lipinski definition) is 3. The molecule has 1 aliphatic carbocycles. The first kappa shape index (κ1) is 25.1. The zero-order chi connectivity index (χ0) is 25.1. The van der Waals surface area contributed by atoms with Crippen molar-refractivity contribution >= 4 is 16.3 Å². The van der Waals surface area contributed by atoms with Gasteiger partial charge >= 0.3 is 0 Å². The zero-order valence-electron chi connectivity index (χ0n) is 20.5. The van der Waals surface area contributed by atoms with Crippen molar-refractivity contribution in [1.29, 1.82) is 0 Å². The van der Waals surface area contributed by atoms with Crippen molar-refractivity contribution in [3.63, 3.8) is 0 Å². The van der Waals surface area contributed by atoms with E-state index in [1.165, 1.54) is 0 Å². The third kappa shape index (κ3) is 5.31. The smallest absolute Gasteiger partial charge is 0.241 e. The van der Waals surface area contributed by atoms with Gasteiger partial charge in [-0.1, -0.05) is 104 Å². The molecule has 3 atom stereocenters. The van der Waals surface area contributed by atoms with Crippen LogP contribution in [0.2, 0.25) is 0 Å². The van der Waals surface area contributed by atoms with Crippen LogP contribution in [0.4, 0.5) is 0 Å². The van der Waals surface area contributed by atoms with Crippen molar-refractivity contribution in [3.8, 4) is 0 Å². The molecule has 0 unspecified atom stereocenters. The van der Waals surface area contributed by atoms with Crippen LogP contribution < -0.4 is 4.72 Å². The summed E-state index contributed by atoms with van der Waals surface area (Å²) in [4.78, 5) is 13.0. The predicted octanol–water partition coefficient (Wildman–Crippen LogP) is 6.14. The third-order valence-corrected chi connectivity index (χ3v) is 8.30. The minimum atomic E-state index is -3.94. The van der Waals surface area contributed by atoms with Crippen molar-refractivity contribution < 1.29 is 13.2 Å². The molecule has 0 bridgehead atoms. The summed E-state index contributed by atoms with van der Waals surface area (Å²) >= 11 is 0. The van der Waals surface area contributed by atoms with E-state index in [0.717, 1.165) is 35.0 Å². The summed E-state index contributed by atoms with van der Waals surface area (Å²) in [5.41, 5.74) is 2.72. The van der Waals surface area contributed by atoms with Gasteiger partial charge in [-0.3, -0.25) is 0 Å². The van der Waals surface area contributed by atoms with Crippen LogP contribution in [-0.2, 0) is 20.4 Å². The molecule has 0 aliphatic heterocycles. The number of hydrogen-bond donors (Lipinski definition) is 1. The Morgan fingerprint density at radius 2 is 1.54 bits per heavy atom. The lowest BCUT2D eigenvalue weighted by molar-refractivity contribution is -0.113. The maximum Gasteiger partial charge on any atom is 0.241 e. The molecule has 5 heteroatoms. The number of allylic oxidation sites excluding steroid dienone is 1. The van der Waals surface area contributed by atoms with E-state index in [2.05, 4.69) is 18.6 Å². The fourth-order valence-electron chi connectivity index (χ4n) is 5.24. The van der Waals surface area contributed by atoms with Gasteiger partial charge in [0.1, 0.15) is 6.29 Å². The maximum atomic E-state index is 13.8. The molecule has 0 radical (unpaired) electrons. The molecular formula is C30H33NO3S. The maximum absolute atomic E-state index is 13.8. The average molecular weight is 488 g/mol. The Balaban J connectivity index is 1.94. The second-order valence-corrected chi connectivity index (χ2v) is 11.6. The zero-order valence-corrected chi connectivity index (χ0v) is 21.3. The van der Waals surface area contributed by atoms with Gasteiger partial charge in [-0.05, 0) is 54.9 Å². The molecule has 4 rings (SSSR count). The summed E-state index contributed by atoms with van der Waals surface area (Å²) in [7, 11) is -3.94. The fourth-order valence-corrected chi connectivity index (χ4v) is 6.61. The molecule has 3 aromatic rings. The van der Waals surface area contributed by atoms with Gasteiger partial charge in [0.2, 0.25) is 10.0 Å². The van der Waals surface area contributed by atoms with Crippen molar-refractivity contribution in [2.24, 2.45) is 11.8 Å². The number of benzene rings is 3. The third-order valence-electron chi connectivity index (χ3n) is 6.80. The van der Waals surface area contributed by atoms with Gasteiger partial charge in [-0.15, -0.1) is 0 Å². The lowest BCUT2D eigenvalue weighted by atomic mass is 9.64. The molecule has 0 saturated heterocycles. The van der Waals surface area contributed by atoms with Crippen LogP contribution >= 0.6 is 0 Å². The van der Waals surface area contributed by atoms with Gasteiger partial charge in [0.05, 0.1) is 10.4 Å². The molecule has 1 aliphatic rings. The van der Waals surface area contributed by atoms with Crippen molar-refractivity contribution in [2.75, 3.05) is 0 Å². The summed E-state index contributed by atoms with van der Waals surface area (Å²) in [5, 5.41) is 0. The molecular weight excluding hydrogens is 454 g/mol. The van der Waals surface area contributed by atoms with Crippen molar-refractivity contribution in [3.05, 3.63) is 113 Å². The highest BCUT2D eigenvalue weighted by atomic mass is 32.2. The Morgan fingerprint density at radius 1 is 0.943 bits per heavy atom. The number of nitrogens with one attached hydrogen (secondary N) is 1. The lowest BCUT2D eigenvalue weighted by Gasteiger charge is -2.45. The van der Waals surface area contributed by atoms with E-state index in [1.807, 2.05) is 73.7 Å². The summed E-state index contributed by atoms with van der Waals surface area (Å²) in [5.74, 6) is -0.385. The van der Waals surface area contributed by atoms with E-state index in [0.29, 0.717) is 12.3 Å². The largest absolute Gasteiger partial charge is 0.303 e. The monoisotopic (exact) mass is 487 g/mol. The summed E-state index contributed by atoms with van der Waals surface area (Å²) in [6.45, 7) is 6.24. The molecule has 4 nitrogen and oxygen atoms in total. The van der Waals surface area contributed by atoms with Crippen LogP contribution in [-0.4, -0.2) is 14.7 Å². The second-order valence-electron chi connectivity index (χ2n) is 9.94. The first-order valence-corrected chi connectivity index (χ1v) is 13.6. The number of carbonyl (C=O) groups is 1. The molecule has 35 heavy (non-hydrogen) atoms. The normalized spacial score (nSPS) is 22.6. The van der Waals surface area contributed by atoms with E-state index in [-0.39, 0.29) is 10.8 Å². The summed E-state index contributed by atoms with van der Waals surface area (Å²) in [6, 6.07) is 26.3. The van der Waals surface area contributed by atoms with Gasteiger partial charge in [0, 0.05) is 5.92 Å². The standard InChI is InChI=1S/C30H33NO3S/c1-22(2)18-24-19-28(25-10-6-4-7-11-25)29(21-32)30(20-24,26-12-8-5-9-13-26)31-35(33,34)27-16-14-23(3)15-17-27/h4-17,20-22,28-29,31H,18-19H2,1-3H3/t28-,29-,30-/m1/s1. The predicted molar refractivity (Wildman–Crippen MR) is 141 cm³/mol. The van der Waals surface area contributed by atoms with E-state index < -0.39 is 21.5 Å². The van der Waals surface area contributed by atoms with Crippen LogP contribution in [0.5, 0.6) is 0 Å². The Hall–Kier alpha value is -3.02. The quantitative estimate of drug-likeness (QED) is 0.306. The van der Waals surface area contributed by atoms with Gasteiger partial charge < -0.3 is 4.79 Å². The first-order chi connectivity index (χ1) is 16.7. The number of rotatable bonds is 8. The van der Waals surface area contributed by atoms with Crippen molar-refractivity contribution in [1.82, 2.24) is 4.72 Å². The minimum Gasteiger partial charge on any atom is -0.303 e. The van der Waals surface area contributed by atoms with Crippen LogP contribution in [0, 0.1) is 18.8 Å². The number of carbonyl (C=O) groups excluding carboxylic acids is 1. The Bertz CT molecular complexity index is 1280.